The number of amides is 1. The number of methoxy groups -OCH3 is 1. The quantitative estimate of drug-likeness (QED) is 0.572. The first kappa shape index (κ1) is 18.5. The van der Waals surface area contributed by atoms with Gasteiger partial charge in [0.1, 0.15) is 17.4 Å². The number of anilines is 1. The molecule has 8 heteroatoms. The van der Waals surface area contributed by atoms with Gasteiger partial charge in [0.25, 0.3) is 5.91 Å². The average molecular weight is 391 g/mol. The lowest BCUT2D eigenvalue weighted by Crippen LogP contribution is -2.16. The molecule has 0 aliphatic rings. The molecule has 0 aliphatic heterocycles. The summed E-state index contributed by atoms with van der Waals surface area (Å²) in [5.41, 5.74) is 2.17. The number of carbonyl (C=O) groups is 1. The molecule has 0 saturated carbocycles. The molecule has 1 N–H and O–H groups in total. The van der Waals surface area contributed by atoms with Gasteiger partial charge in [0, 0.05) is 6.07 Å². The van der Waals surface area contributed by atoms with Crippen LogP contribution in [0, 0.1) is 19.7 Å². The van der Waals surface area contributed by atoms with Crippen molar-refractivity contribution in [3.8, 4) is 11.6 Å². The standard InChI is InChI=1S/C21H18FN5O2/c1-12-5-4-6-15(22)20(12)21(28)26-18-10-24-19(11-23-18)27-13(2)25-16-9-14(29-3)7-8-17(16)27/h4-11H,1-3H3,(H,23,26,28). The van der Waals surface area contributed by atoms with Gasteiger partial charge in [0.05, 0.1) is 36.1 Å². The Balaban J connectivity index is 1.63. The molecule has 2 heterocycles. The van der Waals surface area contributed by atoms with Crippen molar-refractivity contribution in [3.05, 3.63) is 71.6 Å². The number of hydrogen-bond donors (Lipinski definition) is 1. The van der Waals surface area contributed by atoms with E-state index in [0.717, 1.165) is 22.6 Å². The molecule has 146 valence electrons. The predicted octanol–water partition coefficient (Wildman–Crippen LogP) is 3.83. The van der Waals surface area contributed by atoms with Crippen molar-refractivity contribution in [2.75, 3.05) is 12.4 Å². The lowest BCUT2D eigenvalue weighted by Gasteiger charge is -2.09. The molecule has 4 aromatic rings. The lowest BCUT2D eigenvalue weighted by molar-refractivity contribution is 0.102. The molecule has 29 heavy (non-hydrogen) atoms. The van der Waals surface area contributed by atoms with Gasteiger partial charge in [-0.15, -0.1) is 0 Å². The number of aromatic nitrogens is 4. The van der Waals surface area contributed by atoms with Crippen LogP contribution in [-0.4, -0.2) is 32.5 Å². The number of benzene rings is 2. The molecule has 0 aliphatic carbocycles. The number of fused-ring (bicyclic) bond motifs is 1. The fraction of sp³-hybridized carbons (Fsp3) is 0.143. The van der Waals surface area contributed by atoms with E-state index in [1.54, 1.807) is 26.2 Å². The number of rotatable bonds is 4. The van der Waals surface area contributed by atoms with E-state index in [9.17, 15) is 9.18 Å². The zero-order valence-corrected chi connectivity index (χ0v) is 16.1. The summed E-state index contributed by atoms with van der Waals surface area (Å²) in [6.07, 6.45) is 2.96. The fourth-order valence-electron chi connectivity index (χ4n) is 3.20. The maximum atomic E-state index is 14.0. The Kier molecular flexibility index (Phi) is 4.67. The van der Waals surface area contributed by atoms with Crippen molar-refractivity contribution < 1.29 is 13.9 Å². The SMILES string of the molecule is COc1ccc2c(c1)nc(C)n2-c1cnc(NC(=O)c2c(C)cccc2F)cn1. The molecule has 0 spiro atoms. The largest absolute Gasteiger partial charge is 0.497 e. The number of halogens is 1. The zero-order valence-electron chi connectivity index (χ0n) is 16.1. The third kappa shape index (κ3) is 3.40. The maximum absolute atomic E-state index is 14.0. The summed E-state index contributed by atoms with van der Waals surface area (Å²) in [4.78, 5) is 25.6. The molecule has 0 atom stereocenters. The van der Waals surface area contributed by atoms with Gasteiger partial charge in [0.2, 0.25) is 0 Å². The summed E-state index contributed by atoms with van der Waals surface area (Å²) in [5.74, 6) is 1.08. The van der Waals surface area contributed by atoms with Crippen LogP contribution in [-0.2, 0) is 0 Å². The van der Waals surface area contributed by atoms with Gasteiger partial charge >= 0.3 is 0 Å². The molecule has 0 saturated heterocycles. The topological polar surface area (TPSA) is 81.9 Å². The van der Waals surface area contributed by atoms with Gasteiger partial charge in [-0.05, 0) is 37.6 Å². The van der Waals surface area contributed by atoms with E-state index < -0.39 is 11.7 Å². The Bertz CT molecular complexity index is 1200. The second-order valence-electron chi connectivity index (χ2n) is 6.49. The van der Waals surface area contributed by atoms with E-state index in [1.165, 1.54) is 18.5 Å². The van der Waals surface area contributed by atoms with E-state index in [4.69, 9.17) is 4.74 Å². The number of nitrogens with one attached hydrogen (secondary N) is 1. The summed E-state index contributed by atoms with van der Waals surface area (Å²) in [7, 11) is 1.60. The first-order valence-corrected chi connectivity index (χ1v) is 8.90. The van der Waals surface area contributed by atoms with E-state index in [-0.39, 0.29) is 11.4 Å². The molecular formula is C21H18FN5O2. The van der Waals surface area contributed by atoms with Crippen molar-refractivity contribution in [2.24, 2.45) is 0 Å². The number of nitrogens with zero attached hydrogens (tertiary/aromatic N) is 4. The summed E-state index contributed by atoms with van der Waals surface area (Å²) in [5, 5.41) is 2.59. The number of hydrogen-bond acceptors (Lipinski definition) is 5. The number of ether oxygens (including phenoxy) is 1. The van der Waals surface area contributed by atoms with Gasteiger partial charge in [-0.1, -0.05) is 12.1 Å². The zero-order chi connectivity index (χ0) is 20.5. The highest BCUT2D eigenvalue weighted by molar-refractivity contribution is 6.04. The highest BCUT2D eigenvalue weighted by Crippen LogP contribution is 2.24. The molecule has 2 aromatic carbocycles. The second kappa shape index (κ2) is 7.31. The van der Waals surface area contributed by atoms with E-state index in [2.05, 4.69) is 20.3 Å². The smallest absolute Gasteiger partial charge is 0.260 e. The van der Waals surface area contributed by atoms with Crippen LogP contribution in [0.4, 0.5) is 10.2 Å². The molecule has 0 bridgehead atoms. The van der Waals surface area contributed by atoms with Crippen LogP contribution in [0.2, 0.25) is 0 Å². The fourth-order valence-corrected chi connectivity index (χ4v) is 3.20. The average Bonchev–Trinajstić information content (AvgIpc) is 3.03. The molecule has 2 aromatic heterocycles. The summed E-state index contributed by atoms with van der Waals surface area (Å²) in [6, 6.07) is 10.1. The molecule has 1 amide bonds. The third-order valence-electron chi connectivity index (χ3n) is 4.59. The van der Waals surface area contributed by atoms with Crippen molar-refractivity contribution in [3.63, 3.8) is 0 Å². The highest BCUT2D eigenvalue weighted by Gasteiger charge is 2.16. The molecular weight excluding hydrogens is 373 g/mol. The van der Waals surface area contributed by atoms with Gasteiger partial charge < -0.3 is 10.1 Å². The van der Waals surface area contributed by atoms with Gasteiger partial charge in [-0.25, -0.2) is 19.3 Å². The number of aryl methyl sites for hydroxylation is 2. The van der Waals surface area contributed by atoms with Crippen LogP contribution in [0.5, 0.6) is 5.75 Å². The van der Waals surface area contributed by atoms with Crippen LogP contribution in [0.25, 0.3) is 16.9 Å². The summed E-state index contributed by atoms with van der Waals surface area (Å²) >= 11 is 0. The Labute approximate surface area is 166 Å². The predicted molar refractivity (Wildman–Crippen MR) is 107 cm³/mol. The van der Waals surface area contributed by atoms with Crippen molar-refractivity contribution in [2.45, 2.75) is 13.8 Å². The first-order chi connectivity index (χ1) is 14.0. The Hall–Kier alpha value is -3.81. The Morgan fingerprint density at radius 2 is 1.97 bits per heavy atom. The van der Waals surface area contributed by atoms with Crippen LogP contribution < -0.4 is 10.1 Å². The minimum Gasteiger partial charge on any atom is -0.497 e. The van der Waals surface area contributed by atoms with Crippen LogP contribution in [0.3, 0.4) is 0 Å². The molecule has 0 unspecified atom stereocenters. The number of carbonyl (C=O) groups excluding carboxylic acids is 1. The molecule has 0 fully saturated rings. The van der Waals surface area contributed by atoms with Crippen molar-refractivity contribution in [1.29, 1.82) is 0 Å². The monoisotopic (exact) mass is 391 g/mol. The maximum Gasteiger partial charge on any atom is 0.260 e. The molecule has 4 rings (SSSR count). The molecule has 0 radical (unpaired) electrons. The van der Waals surface area contributed by atoms with Crippen LogP contribution in [0.15, 0.2) is 48.8 Å². The van der Waals surface area contributed by atoms with Gasteiger partial charge in [0.15, 0.2) is 11.6 Å². The van der Waals surface area contributed by atoms with Crippen LogP contribution in [0.1, 0.15) is 21.7 Å². The van der Waals surface area contributed by atoms with E-state index >= 15 is 0 Å². The summed E-state index contributed by atoms with van der Waals surface area (Å²) < 4.78 is 21.1. The Morgan fingerprint density at radius 1 is 1.14 bits per heavy atom. The van der Waals surface area contributed by atoms with Crippen LogP contribution >= 0.6 is 0 Å². The molecule has 7 nitrogen and oxygen atoms in total. The second-order valence-corrected chi connectivity index (χ2v) is 6.49. The minimum atomic E-state index is -0.581. The lowest BCUT2D eigenvalue weighted by atomic mass is 10.1. The number of imidazole rings is 1. The summed E-state index contributed by atoms with van der Waals surface area (Å²) in [6.45, 7) is 3.54. The normalized spacial score (nSPS) is 10.9. The van der Waals surface area contributed by atoms with E-state index in [1.807, 2.05) is 29.7 Å². The highest BCUT2D eigenvalue weighted by atomic mass is 19.1. The Morgan fingerprint density at radius 3 is 2.66 bits per heavy atom. The van der Waals surface area contributed by atoms with E-state index in [0.29, 0.717) is 11.4 Å². The third-order valence-corrected chi connectivity index (χ3v) is 4.59. The first-order valence-electron chi connectivity index (χ1n) is 8.90. The minimum absolute atomic E-state index is 0.0104. The van der Waals surface area contributed by atoms with Gasteiger partial charge in [-0.3, -0.25) is 9.36 Å². The van der Waals surface area contributed by atoms with Gasteiger partial charge in [-0.2, -0.15) is 0 Å². The van der Waals surface area contributed by atoms with Crippen molar-refractivity contribution in [1.82, 2.24) is 19.5 Å². The van der Waals surface area contributed by atoms with Crippen molar-refractivity contribution >= 4 is 22.8 Å².